The Kier molecular flexibility index (Phi) is 4.30. The van der Waals surface area contributed by atoms with Gasteiger partial charge in [-0.3, -0.25) is 4.79 Å². The number of fused-ring (bicyclic) bond motifs is 1. The van der Waals surface area contributed by atoms with Gasteiger partial charge in [-0.05, 0) is 36.6 Å². The fourth-order valence-electron chi connectivity index (χ4n) is 3.12. The van der Waals surface area contributed by atoms with Crippen LogP contribution in [0.25, 0.3) is 11.6 Å². The Morgan fingerprint density at radius 2 is 2.04 bits per heavy atom. The molecule has 0 unspecified atom stereocenters. The van der Waals surface area contributed by atoms with Gasteiger partial charge in [0.2, 0.25) is 23.4 Å². The summed E-state index contributed by atoms with van der Waals surface area (Å²) in [7, 11) is 0. The van der Waals surface area contributed by atoms with Crippen molar-refractivity contribution in [3.05, 3.63) is 48.1 Å². The predicted octanol–water partition coefficient (Wildman–Crippen LogP) is 2.02. The first-order valence-electron chi connectivity index (χ1n) is 8.50. The Hall–Kier alpha value is -3.29. The maximum atomic E-state index is 12.7. The molecular weight excluding hydrogens is 332 g/mol. The molecule has 0 aliphatic carbocycles. The van der Waals surface area contributed by atoms with Crippen molar-refractivity contribution in [2.45, 2.75) is 25.7 Å². The van der Waals surface area contributed by atoms with E-state index in [1.165, 1.54) is 0 Å². The lowest BCUT2D eigenvalue weighted by molar-refractivity contribution is -0.118. The minimum absolute atomic E-state index is 0.0206. The number of nitrogens with two attached hydrogens (primary N) is 1. The Morgan fingerprint density at radius 3 is 2.88 bits per heavy atom. The van der Waals surface area contributed by atoms with E-state index in [-0.39, 0.29) is 12.3 Å². The summed E-state index contributed by atoms with van der Waals surface area (Å²) in [5.41, 5.74) is 8.74. The van der Waals surface area contributed by atoms with Crippen LogP contribution in [0.4, 0.5) is 11.4 Å². The van der Waals surface area contributed by atoms with Crippen LogP contribution in [0.3, 0.4) is 0 Å². The number of hydrogen-bond donors (Lipinski definition) is 1. The van der Waals surface area contributed by atoms with Crippen LogP contribution >= 0.6 is 0 Å². The van der Waals surface area contributed by atoms with Crippen molar-refractivity contribution in [3.63, 3.8) is 0 Å². The quantitative estimate of drug-likeness (QED) is 0.717. The number of carbonyl (C=O) groups excluding carboxylic acids is 1. The Morgan fingerprint density at radius 1 is 1.19 bits per heavy atom. The minimum atomic E-state index is 0.0206. The van der Waals surface area contributed by atoms with E-state index in [1.807, 2.05) is 18.2 Å². The van der Waals surface area contributed by atoms with Gasteiger partial charge in [0, 0.05) is 43.2 Å². The van der Waals surface area contributed by atoms with Gasteiger partial charge in [0.25, 0.3) is 0 Å². The summed E-state index contributed by atoms with van der Waals surface area (Å²) < 4.78 is 5.21. The van der Waals surface area contributed by atoms with Crippen molar-refractivity contribution < 1.29 is 9.32 Å². The molecule has 0 saturated carbocycles. The zero-order chi connectivity index (χ0) is 17.9. The number of aromatic nitrogens is 4. The van der Waals surface area contributed by atoms with Gasteiger partial charge in [-0.2, -0.15) is 4.98 Å². The number of benzene rings is 1. The van der Waals surface area contributed by atoms with Crippen molar-refractivity contribution in [1.29, 1.82) is 0 Å². The summed E-state index contributed by atoms with van der Waals surface area (Å²) in [5, 5.41) is 3.87. The van der Waals surface area contributed by atoms with Crippen LogP contribution in [-0.4, -0.2) is 32.6 Å². The fraction of sp³-hybridized carbons (Fsp3) is 0.278. The van der Waals surface area contributed by atoms with Crippen molar-refractivity contribution in [2.75, 3.05) is 17.2 Å². The summed E-state index contributed by atoms with van der Waals surface area (Å²) in [6.45, 7) is 0.697. The molecule has 3 aromatic rings. The van der Waals surface area contributed by atoms with Gasteiger partial charge in [-0.15, -0.1) is 0 Å². The molecule has 132 valence electrons. The van der Waals surface area contributed by atoms with E-state index in [1.54, 1.807) is 23.4 Å². The Labute approximate surface area is 150 Å². The largest absolute Gasteiger partial charge is 0.398 e. The number of nitrogen functional groups attached to an aromatic ring is 1. The predicted molar refractivity (Wildman–Crippen MR) is 95.2 cm³/mol. The molecule has 1 amide bonds. The summed E-state index contributed by atoms with van der Waals surface area (Å²) in [6, 6.07) is 7.41. The Bertz CT molecular complexity index is 924. The molecule has 3 heterocycles. The third-order valence-electron chi connectivity index (χ3n) is 4.37. The zero-order valence-electron chi connectivity index (χ0n) is 14.1. The molecule has 0 saturated heterocycles. The molecule has 0 atom stereocenters. The highest BCUT2D eigenvalue weighted by Crippen LogP contribution is 2.31. The van der Waals surface area contributed by atoms with Gasteiger partial charge in [0.05, 0.1) is 0 Å². The average molecular weight is 350 g/mol. The van der Waals surface area contributed by atoms with Crippen LogP contribution < -0.4 is 10.6 Å². The first-order chi connectivity index (χ1) is 12.7. The minimum Gasteiger partial charge on any atom is -0.398 e. The van der Waals surface area contributed by atoms with Crippen molar-refractivity contribution in [3.8, 4) is 11.6 Å². The second-order valence-corrected chi connectivity index (χ2v) is 6.08. The average Bonchev–Trinajstić information content (AvgIpc) is 3.16. The van der Waals surface area contributed by atoms with Crippen molar-refractivity contribution in [1.82, 2.24) is 20.1 Å². The van der Waals surface area contributed by atoms with Gasteiger partial charge in [0.1, 0.15) is 0 Å². The number of amides is 1. The molecule has 2 N–H and O–H groups in total. The molecule has 2 aromatic heterocycles. The van der Waals surface area contributed by atoms with Crippen LogP contribution in [0.15, 0.2) is 41.2 Å². The highest BCUT2D eigenvalue weighted by molar-refractivity contribution is 5.95. The van der Waals surface area contributed by atoms with Gasteiger partial charge in [-0.25, -0.2) is 9.97 Å². The van der Waals surface area contributed by atoms with Crippen LogP contribution in [0.1, 0.15) is 24.3 Å². The second kappa shape index (κ2) is 6.91. The van der Waals surface area contributed by atoms with Crippen LogP contribution in [0.2, 0.25) is 0 Å². The molecule has 1 aromatic carbocycles. The van der Waals surface area contributed by atoms with Crippen LogP contribution in [-0.2, 0) is 17.6 Å². The van der Waals surface area contributed by atoms with E-state index in [9.17, 15) is 4.79 Å². The van der Waals surface area contributed by atoms with Gasteiger partial charge in [-0.1, -0.05) is 11.2 Å². The van der Waals surface area contributed by atoms with Gasteiger partial charge >= 0.3 is 0 Å². The number of anilines is 2. The van der Waals surface area contributed by atoms with E-state index in [2.05, 4.69) is 20.1 Å². The third kappa shape index (κ3) is 3.13. The highest BCUT2D eigenvalue weighted by Gasteiger charge is 2.24. The molecule has 0 spiro atoms. The number of hydrogen-bond acceptors (Lipinski definition) is 7. The molecule has 26 heavy (non-hydrogen) atoms. The summed E-state index contributed by atoms with van der Waals surface area (Å²) in [4.78, 5) is 26.9. The number of nitrogens with zero attached hydrogens (tertiary/aromatic N) is 5. The molecule has 8 heteroatoms. The maximum absolute atomic E-state index is 12.7. The van der Waals surface area contributed by atoms with Crippen LogP contribution in [0, 0.1) is 0 Å². The summed E-state index contributed by atoms with van der Waals surface area (Å²) in [6.07, 6.45) is 5.68. The smallest absolute Gasteiger partial charge is 0.240 e. The molecule has 0 radical (unpaired) electrons. The first kappa shape index (κ1) is 16.2. The van der Waals surface area contributed by atoms with E-state index in [4.69, 9.17) is 10.3 Å². The Balaban J connectivity index is 1.44. The number of rotatable bonds is 4. The van der Waals surface area contributed by atoms with Crippen LogP contribution in [0.5, 0.6) is 0 Å². The zero-order valence-corrected chi connectivity index (χ0v) is 14.1. The lowest BCUT2D eigenvalue weighted by Crippen LogP contribution is -2.35. The lowest BCUT2D eigenvalue weighted by Gasteiger charge is -2.30. The second-order valence-electron chi connectivity index (χ2n) is 6.08. The SMILES string of the molecule is Nc1cccc2c1CCCN2C(=O)CCc1nc(-c2ncccn2)no1. The molecule has 4 rings (SSSR count). The van der Waals surface area contributed by atoms with E-state index in [0.717, 1.165) is 29.8 Å². The molecular formula is C18H18N6O2. The normalized spacial score (nSPS) is 13.5. The highest BCUT2D eigenvalue weighted by atomic mass is 16.5. The van der Waals surface area contributed by atoms with Crippen molar-refractivity contribution >= 4 is 17.3 Å². The van der Waals surface area contributed by atoms with Crippen molar-refractivity contribution in [2.24, 2.45) is 0 Å². The summed E-state index contributed by atoms with van der Waals surface area (Å²) >= 11 is 0. The molecule has 0 bridgehead atoms. The number of aryl methyl sites for hydroxylation is 1. The van der Waals surface area contributed by atoms with E-state index < -0.39 is 0 Å². The molecule has 1 aliphatic heterocycles. The standard InChI is InChI=1S/C18H18N6O2/c19-13-5-1-6-14-12(13)4-2-11-24(14)16(25)8-7-15-22-18(23-26-15)17-20-9-3-10-21-17/h1,3,5-6,9-10H,2,4,7-8,11,19H2. The molecule has 1 aliphatic rings. The molecule has 8 nitrogen and oxygen atoms in total. The molecule has 0 fully saturated rings. The van der Waals surface area contributed by atoms with Gasteiger partial charge in [0.15, 0.2) is 0 Å². The monoisotopic (exact) mass is 350 g/mol. The third-order valence-corrected chi connectivity index (χ3v) is 4.37. The van der Waals surface area contributed by atoms with E-state index >= 15 is 0 Å². The topological polar surface area (TPSA) is 111 Å². The summed E-state index contributed by atoms with van der Waals surface area (Å²) in [5.74, 6) is 1.14. The lowest BCUT2D eigenvalue weighted by atomic mass is 9.99. The first-order valence-corrected chi connectivity index (χ1v) is 8.50. The fourth-order valence-corrected chi connectivity index (χ4v) is 3.12. The van der Waals surface area contributed by atoms with E-state index in [0.29, 0.717) is 30.5 Å². The van der Waals surface area contributed by atoms with Gasteiger partial charge < -0.3 is 15.2 Å². The maximum Gasteiger partial charge on any atom is 0.240 e. The number of carbonyl (C=O) groups is 1.